The van der Waals surface area contributed by atoms with Crippen molar-refractivity contribution in [1.82, 2.24) is 0 Å². The van der Waals surface area contributed by atoms with Crippen LogP contribution in [0, 0.1) is 0 Å². The standard InChI is InChI=1S/C16H14O4/c1-20-13-6-2-11(3-7-13)4-8-15(18)14-10-12(17)5-9-16(14)19/h2-10,17,19H,1H3/b8-4+. The van der Waals surface area contributed by atoms with E-state index in [9.17, 15) is 15.0 Å². The maximum atomic E-state index is 11.9. The molecule has 0 amide bonds. The van der Waals surface area contributed by atoms with Crippen LogP contribution in [0.15, 0.2) is 48.5 Å². The molecule has 0 aliphatic rings. The van der Waals surface area contributed by atoms with Gasteiger partial charge in [-0.1, -0.05) is 18.2 Å². The molecule has 0 spiro atoms. The summed E-state index contributed by atoms with van der Waals surface area (Å²) in [5.74, 6) is 0.129. The molecule has 2 aromatic rings. The lowest BCUT2D eigenvalue weighted by Crippen LogP contribution is -1.94. The van der Waals surface area contributed by atoms with Gasteiger partial charge < -0.3 is 14.9 Å². The second kappa shape index (κ2) is 5.93. The Kier molecular flexibility index (Phi) is 4.05. The van der Waals surface area contributed by atoms with E-state index in [0.29, 0.717) is 0 Å². The third-order valence-corrected chi connectivity index (χ3v) is 2.79. The highest BCUT2D eigenvalue weighted by molar-refractivity contribution is 6.08. The summed E-state index contributed by atoms with van der Waals surface area (Å²) in [6.45, 7) is 0. The van der Waals surface area contributed by atoms with Crippen LogP contribution in [0.1, 0.15) is 15.9 Å². The molecule has 0 aromatic heterocycles. The van der Waals surface area contributed by atoms with E-state index in [1.807, 2.05) is 12.1 Å². The molecular weight excluding hydrogens is 256 g/mol. The first-order valence-electron chi connectivity index (χ1n) is 5.98. The number of carbonyl (C=O) groups is 1. The molecule has 2 aromatic carbocycles. The summed E-state index contributed by atoms with van der Waals surface area (Å²) in [6, 6.07) is 11.0. The number of phenolic OH excluding ortho intramolecular Hbond substituents is 2. The lowest BCUT2D eigenvalue weighted by Gasteiger charge is -2.01. The molecule has 0 bridgehead atoms. The van der Waals surface area contributed by atoms with Crippen molar-refractivity contribution in [2.24, 2.45) is 0 Å². The van der Waals surface area contributed by atoms with Crippen LogP contribution in [-0.2, 0) is 0 Å². The van der Waals surface area contributed by atoms with Gasteiger partial charge in [0.2, 0.25) is 0 Å². The SMILES string of the molecule is COc1ccc(/C=C/C(=O)c2cc(O)ccc2O)cc1. The minimum absolute atomic E-state index is 0.0646. The highest BCUT2D eigenvalue weighted by Gasteiger charge is 2.08. The molecule has 4 nitrogen and oxygen atoms in total. The van der Waals surface area contributed by atoms with E-state index >= 15 is 0 Å². The number of benzene rings is 2. The minimum atomic E-state index is -0.380. The zero-order valence-corrected chi connectivity index (χ0v) is 10.9. The van der Waals surface area contributed by atoms with Crippen molar-refractivity contribution < 1.29 is 19.7 Å². The number of phenols is 2. The first-order chi connectivity index (χ1) is 9.60. The number of methoxy groups -OCH3 is 1. The van der Waals surface area contributed by atoms with Crippen molar-refractivity contribution in [2.75, 3.05) is 7.11 Å². The average Bonchev–Trinajstić information content (AvgIpc) is 2.47. The second-order valence-electron chi connectivity index (χ2n) is 4.17. The number of allylic oxidation sites excluding steroid dienone is 1. The van der Waals surface area contributed by atoms with Gasteiger partial charge in [0.15, 0.2) is 5.78 Å². The summed E-state index contributed by atoms with van der Waals surface area (Å²) in [6.07, 6.45) is 2.97. The number of carbonyl (C=O) groups excluding carboxylic acids is 1. The minimum Gasteiger partial charge on any atom is -0.508 e. The van der Waals surface area contributed by atoms with Crippen LogP contribution in [0.3, 0.4) is 0 Å². The first-order valence-corrected chi connectivity index (χ1v) is 5.98. The maximum Gasteiger partial charge on any atom is 0.189 e. The van der Waals surface area contributed by atoms with E-state index in [1.54, 1.807) is 25.3 Å². The Hall–Kier alpha value is -2.75. The van der Waals surface area contributed by atoms with Crippen molar-refractivity contribution in [3.63, 3.8) is 0 Å². The van der Waals surface area contributed by atoms with E-state index in [1.165, 1.54) is 24.3 Å². The summed E-state index contributed by atoms with van der Waals surface area (Å²) in [5, 5.41) is 18.9. The van der Waals surface area contributed by atoms with E-state index < -0.39 is 0 Å². The Morgan fingerprint density at radius 3 is 2.45 bits per heavy atom. The molecule has 102 valence electrons. The van der Waals surface area contributed by atoms with Crippen molar-refractivity contribution in [3.05, 3.63) is 59.7 Å². The fourth-order valence-electron chi connectivity index (χ4n) is 1.70. The van der Waals surface area contributed by atoms with Crippen molar-refractivity contribution in [3.8, 4) is 17.2 Å². The predicted octanol–water partition coefficient (Wildman–Crippen LogP) is 3.00. The smallest absolute Gasteiger partial charge is 0.189 e. The van der Waals surface area contributed by atoms with Crippen LogP contribution >= 0.6 is 0 Å². The Morgan fingerprint density at radius 1 is 1.10 bits per heavy atom. The Bertz CT molecular complexity index is 642. The van der Waals surface area contributed by atoms with E-state index in [2.05, 4.69) is 0 Å². The normalized spacial score (nSPS) is 10.7. The van der Waals surface area contributed by atoms with Crippen molar-refractivity contribution in [1.29, 1.82) is 0 Å². The molecule has 0 radical (unpaired) electrons. The molecule has 20 heavy (non-hydrogen) atoms. The molecule has 2 N–H and O–H groups in total. The molecule has 0 heterocycles. The molecule has 0 aliphatic heterocycles. The van der Waals surface area contributed by atoms with Gasteiger partial charge in [0, 0.05) is 0 Å². The predicted molar refractivity (Wildman–Crippen MR) is 76.1 cm³/mol. The van der Waals surface area contributed by atoms with Gasteiger partial charge in [-0.3, -0.25) is 4.79 Å². The largest absolute Gasteiger partial charge is 0.508 e. The molecule has 0 saturated heterocycles. The number of ether oxygens (including phenoxy) is 1. The number of rotatable bonds is 4. The van der Waals surface area contributed by atoms with Crippen LogP contribution in [-0.4, -0.2) is 23.1 Å². The van der Waals surface area contributed by atoms with Gasteiger partial charge in [-0.15, -0.1) is 0 Å². The monoisotopic (exact) mass is 270 g/mol. The van der Waals surface area contributed by atoms with Crippen LogP contribution < -0.4 is 4.74 Å². The Balaban J connectivity index is 2.17. The van der Waals surface area contributed by atoms with Gasteiger partial charge in [-0.2, -0.15) is 0 Å². The third kappa shape index (κ3) is 3.17. The zero-order valence-electron chi connectivity index (χ0n) is 10.9. The molecule has 0 atom stereocenters. The molecule has 0 unspecified atom stereocenters. The number of hydrogen-bond acceptors (Lipinski definition) is 4. The number of hydrogen-bond donors (Lipinski definition) is 2. The molecule has 2 rings (SSSR count). The van der Waals surface area contributed by atoms with Gasteiger partial charge in [-0.25, -0.2) is 0 Å². The van der Waals surface area contributed by atoms with Crippen LogP contribution in [0.2, 0.25) is 0 Å². The Morgan fingerprint density at radius 2 is 1.80 bits per heavy atom. The lowest BCUT2D eigenvalue weighted by atomic mass is 10.1. The Labute approximate surface area is 116 Å². The fourth-order valence-corrected chi connectivity index (χ4v) is 1.70. The molecule has 0 fully saturated rings. The van der Waals surface area contributed by atoms with Crippen LogP contribution in [0.5, 0.6) is 17.2 Å². The van der Waals surface area contributed by atoms with Gasteiger partial charge in [-0.05, 0) is 42.0 Å². The van der Waals surface area contributed by atoms with Gasteiger partial charge in [0.05, 0.1) is 12.7 Å². The van der Waals surface area contributed by atoms with E-state index in [4.69, 9.17) is 4.74 Å². The summed E-state index contributed by atoms with van der Waals surface area (Å²) in [4.78, 5) is 11.9. The molecule has 4 heteroatoms. The molecular formula is C16H14O4. The first kappa shape index (κ1) is 13.7. The third-order valence-electron chi connectivity index (χ3n) is 2.79. The van der Waals surface area contributed by atoms with Gasteiger partial charge in [0.1, 0.15) is 17.2 Å². The van der Waals surface area contributed by atoms with Crippen LogP contribution in [0.4, 0.5) is 0 Å². The highest BCUT2D eigenvalue weighted by Crippen LogP contribution is 2.23. The maximum absolute atomic E-state index is 11.9. The zero-order chi connectivity index (χ0) is 14.5. The van der Waals surface area contributed by atoms with Crippen LogP contribution in [0.25, 0.3) is 6.08 Å². The topological polar surface area (TPSA) is 66.8 Å². The number of aromatic hydroxyl groups is 2. The number of ketones is 1. The molecule has 0 saturated carbocycles. The quantitative estimate of drug-likeness (QED) is 0.509. The summed E-state index contributed by atoms with van der Waals surface area (Å²) < 4.78 is 5.04. The summed E-state index contributed by atoms with van der Waals surface area (Å²) in [7, 11) is 1.58. The second-order valence-corrected chi connectivity index (χ2v) is 4.17. The van der Waals surface area contributed by atoms with Gasteiger partial charge in [0.25, 0.3) is 0 Å². The van der Waals surface area contributed by atoms with Crippen molar-refractivity contribution >= 4 is 11.9 Å². The highest BCUT2D eigenvalue weighted by atomic mass is 16.5. The fraction of sp³-hybridized carbons (Fsp3) is 0.0625. The van der Waals surface area contributed by atoms with E-state index in [-0.39, 0.29) is 22.8 Å². The summed E-state index contributed by atoms with van der Waals surface area (Å²) >= 11 is 0. The van der Waals surface area contributed by atoms with Gasteiger partial charge >= 0.3 is 0 Å². The lowest BCUT2D eigenvalue weighted by molar-refractivity contribution is 0.104. The average molecular weight is 270 g/mol. The molecule has 0 aliphatic carbocycles. The van der Waals surface area contributed by atoms with Crippen molar-refractivity contribution in [2.45, 2.75) is 0 Å². The van der Waals surface area contributed by atoms with E-state index in [0.717, 1.165) is 11.3 Å². The summed E-state index contributed by atoms with van der Waals surface area (Å²) in [5.41, 5.74) is 0.897.